The first kappa shape index (κ1) is 26.3. The average molecular weight is 481 g/mol. The number of ether oxygens (including phenoxy) is 1. The number of nitrogens with one attached hydrogen (secondary N) is 2. The van der Waals surface area contributed by atoms with Crippen LogP contribution in [0.25, 0.3) is 11.1 Å². The number of benzene rings is 2. The Kier molecular flexibility index (Phi) is 8.90. The van der Waals surface area contributed by atoms with Gasteiger partial charge in [-0.1, -0.05) is 69.3 Å². The van der Waals surface area contributed by atoms with E-state index in [9.17, 15) is 14.4 Å². The number of alkyl carbamates (subject to hydrolysis) is 1. The molecule has 0 unspecified atom stereocenters. The Labute approximate surface area is 207 Å². The van der Waals surface area contributed by atoms with Crippen LogP contribution in [0.2, 0.25) is 0 Å². The molecule has 0 saturated carbocycles. The predicted molar refractivity (Wildman–Crippen MR) is 135 cm³/mol. The third kappa shape index (κ3) is 7.31. The Morgan fingerprint density at radius 1 is 1.00 bits per heavy atom. The third-order valence-corrected chi connectivity index (χ3v) is 6.73. The van der Waals surface area contributed by atoms with Crippen LogP contribution < -0.4 is 10.6 Å². The number of carbonyl (C=O) groups is 3. The minimum Gasteiger partial charge on any atom is -0.481 e. The smallest absolute Gasteiger partial charge is 0.407 e. The number of aliphatic carboxylic acids is 1. The number of fused-ring (bicyclic) bond motifs is 3. The van der Waals surface area contributed by atoms with Crippen molar-refractivity contribution in [3.05, 3.63) is 59.7 Å². The Morgan fingerprint density at radius 3 is 2.17 bits per heavy atom. The first-order valence-corrected chi connectivity index (χ1v) is 12.3. The third-order valence-electron chi connectivity index (χ3n) is 6.73. The van der Waals surface area contributed by atoms with Gasteiger partial charge in [-0.15, -0.1) is 0 Å². The number of amides is 2. The molecule has 0 bridgehead atoms. The van der Waals surface area contributed by atoms with Crippen molar-refractivity contribution in [3.63, 3.8) is 0 Å². The van der Waals surface area contributed by atoms with E-state index in [4.69, 9.17) is 9.84 Å². The molecule has 0 heterocycles. The van der Waals surface area contributed by atoms with Gasteiger partial charge in [-0.2, -0.15) is 0 Å². The van der Waals surface area contributed by atoms with E-state index in [2.05, 4.69) is 34.9 Å². The van der Waals surface area contributed by atoms with Gasteiger partial charge in [0.25, 0.3) is 0 Å². The fourth-order valence-corrected chi connectivity index (χ4v) is 4.51. The second-order valence-electron chi connectivity index (χ2n) is 9.94. The Balaban J connectivity index is 1.45. The van der Waals surface area contributed by atoms with E-state index in [1.807, 2.05) is 45.0 Å². The van der Waals surface area contributed by atoms with Crippen LogP contribution >= 0.6 is 0 Å². The molecule has 0 radical (unpaired) electrons. The van der Waals surface area contributed by atoms with Crippen molar-refractivity contribution in [2.45, 2.75) is 64.8 Å². The van der Waals surface area contributed by atoms with Gasteiger partial charge in [-0.3, -0.25) is 9.59 Å². The van der Waals surface area contributed by atoms with Crippen LogP contribution in [-0.2, 0) is 14.3 Å². The maximum Gasteiger partial charge on any atom is 0.407 e. The Hall–Kier alpha value is -3.35. The maximum atomic E-state index is 12.5. The van der Waals surface area contributed by atoms with Gasteiger partial charge in [-0.05, 0) is 46.9 Å². The van der Waals surface area contributed by atoms with Gasteiger partial charge in [0, 0.05) is 31.3 Å². The summed E-state index contributed by atoms with van der Waals surface area (Å²) >= 11 is 0. The quantitative estimate of drug-likeness (QED) is 0.392. The lowest BCUT2D eigenvalue weighted by Crippen LogP contribution is -2.40. The molecule has 2 aromatic carbocycles. The predicted octanol–water partition coefficient (Wildman–Crippen LogP) is 5.09. The van der Waals surface area contributed by atoms with E-state index >= 15 is 0 Å². The first-order chi connectivity index (χ1) is 16.7. The topological polar surface area (TPSA) is 105 Å². The molecule has 3 rings (SSSR count). The van der Waals surface area contributed by atoms with Crippen LogP contribution in [0.5, 0.6) is 0 Å². The largest absolute Gasteiger partial charge is 0.481 e. The Morgan fingerprint density at radius 2 is 1.60 bits per heavy atom. The van der Waals surface area contributed by atoms with Crippen molar-refractivity contribution < 1.29 is 24.2 Å². The molecule has 1 atom stereocenters. The van der Waals surface area contributed by atoms with Crippen molar-refractivity contribution in [3.8, 4) is 11.1 Å². The van der Waals surface area contributed by atoms with Crippen LogP contribution in [-0.4, -0.2) is 42.3 Å². The second kappa shape index (κ2) is 11.9. The lowest BCUT2D eigenvalue weighted by Gasteiger charge is -2.24. The van der Waals surface area contributed by atoms with Crippen LogP contribution in [0.1, 0.15) is 69.9 Å². The summed E-state index contributed by atoms with van der Waals surface area (Å²) in [5.74, 6) is -0.974. The number of carboxylic acids is 1. The summed E-state index contributed by atoms with van der Waals surface area (Å²) in [5, 5.41) is 14.6. The summed E-state index contributed by atoms with van der Waals surface area (Å²) in [6.45, 7) is 6.60. The minimum absolute atomic E-state index is 0.0130. The van der Waals surface area contributed by atoms with Crippen molar-refractivity contribution in [1.82, 2.24) is 10.6 Å². The molecular formula is C28H36N2O5. The van der Waals surface area contributed by atoms with Gasteiger partial charge in [0.05, 0.1) is 0 Å². The van der Waals surface area contributed by atoms with E-state index in [0.29, 0.717) is 25.8 Å². The fourth-order valence-electron chi connectivity index (χ4n) is 4.51. The highest BCUT2D eigenvalue weighted by molar-refractivity contribution is 5.79. The summed E-state index contributed by atoms with van der Waals surface area (Å²) in [4.78, 5) is 35.7. The van der Waals surface area contributed by atoms with Gasteiger partial charge in [0.15, 0.2) is 0 Å². The molecule has 7 nitrogen and oxygen atoms in total. The molecule has 1 aliphatic rings. The van der Waals surface area contributed by atoms with Crippen LogP contribution in [0, 0.1) is 5.41 Å². The molecule has 7 heteroatoms. The highest BCUT2D eigenvalue weighted by Gasteiger charge is 2.29. The lowest BCUT2D eigenvalue weighted by molar-refractivity contribution is -0.137. The van der Waals surface area contributed by atoms with Gasteiger partial charge in [0.1, 0.15) is 6.61 Å². The van der Waals surface area contributed by atoms with Gasteiger partial charge in [0.2, 0.25) is 5.91 Å². The molecule has 0 saturated heterocycles. The molecule has 35 heavy (non-hydrogen) atoms. The maximum absolute atomic E-state index is 12.5. The van der Waals surface area contributed by atoms with Gasteiger partial charge >= 0.3 is 12.1 Å². The Bertz CT molecular complexity index is 1000. The number of carbonyl (C=O) groups excluding carboxylic acids is 2. The van der Waals surface area contributed by atoms with Gasteiger partial charge in [-0.25, -0.2) is 4.79 Å². The highest BCUT2D eigenvalue weighted by Crippen LogP contribution is 2.44. The van der Waals surface area contributed by atoms with E-state index in [0.717, 1.165) is 11.1 Å². The number of hydrogen-bond acceptors (Lipinski definition) is 4. The SMILES string of the molecule is CC[C@@H](CC(=O)NCCC(C)(C)CCC(=O)O)NC(=O)OCC1c2ccccc2-c2ccccc21. The van der Waals surface area contributed by atoms with Crippen LogP contribution in [0.4, 0.5) is 4.79 Å². The molecule has 2 aromatic rings. The molecule has 0 aromatic heterocycles. The highest BCUT2D eigenvalue weighted by atomic mass is 16.5. The molecule has 3 N–H and O–H groups in total. The summed E-state index contributed by atoms with van der Waals surface area (Å²) in [7, 11) is 0. The molecule has 1 aliphatic carbocycles. The van der Waals surface area contributed by atoms with E-state index < -0.39 is 12.1 Å². The fraction of sp³-hybridized carbons (Fsp3) is 0.464. The van der Waals surface area contributed by atoms with Crippen LogP contribution in [0.15, 0.2) is 48.5 Å². The summed E-state index contributed by atoms with van der Waals surface area (Å²) in [6.07, 6.45) is 1.59. The summed E-state index contributed by atoms with van der Waals surface area (Å²) in [6, 6.07) is 16.0. The minimum atomic E-state index is -0.813. The molecule has 2 amide bonds. The zero-order chi connectivity index (χ0) is 25.4. The van der Waals surface area contributed by atoms with Crippen molar-refractivity contribution in [1.29, 1.82) is 0 Å². The lowest BCUT2D eigenvalue weighted by atomic mass is 9.84. The normalized spacial score (nSPS) is 13.5. The average Bonchev–Trinajstić information content (AvgIpc) is 3.14. The summed E-state index contributed by atoms with van der Waals surface area (Å²) in [5.41, 5.74) is 4.48. The van der Waals surface area contributed by atoms with Crippen molar-refractivity contribution in [2.75, 3.05) is 13.2 Å². The monoisotopic (exact) mass is 480 g/mol. The van der Waals surface area contributed by atoms with Crippen LogP contribution in [0.3, 0.4) is 0 Å². The number of hydrogen-bond donors (Lipinski definition) is 3. The second-order valence-corrected chi connectivity index (χ2v) is 9.94. The van der Waals surface area contributed by atoms with E-state index in [-0.39, 0.29) is 42.7 Å². The molecule has 0 fully saturated rings. The number of carboxylic acid groups (broad SMARTS) is 1. The molecule has 0 spiro atoms. The molecule has 0 aliphatic heterocycles. The van der Waals surface area contributed by atoms with Crippen molar-refractivity contribution >= 4 is 18.0 Å². The van der Waals surface area contributed by atoms with Crippen molar-refractivity contribution in [2.24, 2.45) is 5.41 Å². The van der Waals surface area contributed by atoms with E-state index in [1.165, 1.54) is 11.1 Å². The zero-order valence-electron chi connectivity index (χ0n) is 20.8. The van der Waals surface area contributed by atoms with Gasteiger partial charge < -0.3 is 20.5 Å². The molecule has 188 valence electrons. The zero-order valence-corrected chi connectivity index (χ0v) is 20.8. The molecular weight excluding hydrogens is 444 g/mol. The standard InChI is InChI=1S/C28H36N2O5/c1-4-19(17-25(31)29-16-15-28(2,3)14-13-26(32)33)30-27(34)35-18-24-22-11-7-5-9-20(22)21-10-6-8-12-23(21)24/h5-12,19,24H,4,13-18H2,1-3H3,(H,29,31)(H,30,34)(H,32,33)/t19-/m0/s1. The van der Waals surface area contributed by atoms with E-state index in [1.54, 1.807) is 0 Å². The number of rotatable bonds is 12. The first-order valence-electron chi connectivity index (χ1n) is 12.3. The summed E-state index contributed by atoms with van der Waals surface area (Å²) < 4.78 is 5.60.